The van der Waals surface area contributed by atoms with Gasteiger partial charge in [-0.15, -0.1) is 0 Å². The molecular formula is C25H19BrClIN2O4. The van der Waals surface area contributed by atoms with Crippen LogP contribution in [0, 0.1) is 14.9 Å². The lowest BCUT2D eigenvalue weighted by atomic mass is 10.1. The van der Waals surface area contributed by atoms with Crippen molar-refractivity contribution in [3.63, 3.8) is 0 Å². The van der Waals surface area contributed by atoms with Crippen LogP contribution < -0.4 is 19.5 Å². The number of hydrogen-bond acceptors (Lipinski definition) is 5. The fourth-order valence-electron chi connectivity index (χ4n) is 2.98. The highest BCUT2D eigenvalue weighted by Crippen LogP contribution is 2.35. The van der Waals surface area contributed by atoms with E-state index in [4.69, 9.17) is 25.8 Å². The molecule has 3 aromatic carbocycles. The van der Waals surface area contributed by atoms with E-state index in [0.717, 1.165) is 13.6 Å². The van der Waals surface area contributed by atoms with Gasteiger partial charge in [-0.2, -0.15) is 5.26 Å². The van der Waals surface area contributed by atoms with Crippen molar-refractivity contribution in [1.82, 2.24) is 0 Å². The lowest BCUT2D eigenvalue weighted by molar-refractivity contribution is -0.112. The lowest BCUT2D eigenvalue weighted by Gasteiger charge is -2.14. The molecule has 0 atom stereocenters. The summed E-state index contributed by atoms with van der Waals surface area (Å²) in [6, 6.07) is 18.1. The fourth-order valence-corrected chi connectivity index (χ4v) is 4.20. The molecule has 9 heteroatoms. The van der Waals surface area contributed by atoms with Gasteiger partial charge in [0.25, 0.3) is 5.91 Å². The molecule has 0 saturated heterocycles. The van der Waals surface area contributed by atoms with E-state index in [1.807, 2.05) is 36.4 Å². The first-order chi connectivity index (χ1) is 16.3. The molecular weight excluding hydrogens is 635 g/mol. The molecule has 6 nitrogen and oxygen atoms in total. The number of methoxy groups -OCH3 is 2. The molecule has 0 heterocycles. The third-order valence-corrected chi connectivity index (χ3v) is 6.20. The molecule has 0 saturated carbocycles. The third-order valence-electron chi connectivity index (χ3n) is 4.63. The number of rotatable bonds is 8. The summed E-state index contributed by atoms with van der Waals surface area (Å²) < 4.78 is 18.5. The second kappa shape index (κ2) is 12.1. The monoisotopic (exact) mass is 652 g/mol. The standard InChI is InChI=1S/C25H19BrClIN2O4/c1-32-22-8-7-19(27)12-21(22)30-25(31)17(13-29)9-16-10-20(28)24(23(11-16)33-2)34-14-15-3-5-18(26)6-4-15/h3-12H,14H2,1-2H3,(H,30,31)/b17-9+. The van der Waals surface area contributed by atoms with E-state index >= 15 is 0 Å². The fraction of sp³-hybridized carbons (Fsp3) is 0.120. The van der Waals surface area contributed by atoms with Crippen LogP contribution in [0.15, 0.2) is 64.6 Å². The number of hydrogen-bond donors (Lipinski definition) is 1. The van der Waals surface area contributed by atoms with E-state index in [1.165, 1.54) is 20.3 Å². The minimum atomic E-state index is -0.590. The number of nitrogens with zero attached hydrogens (tertiary/aromatic N) is 1. The van der Waals surface area contributed by atoms with Gasteiger partial charge in [0.05, 0.1) is 23.5 Å². The minimum Gasteiger partial charge on any atom is -0.495 e. The van der Waals surface area contributed by atoms with Crippen LogP contribution in [-0.2, 0) is 11.4 Å². The van der Waals surface area contributed by atoms with Gasteiger partial charge in [0.15, 0.2) is 11.5 Å². The maximum atomic E-state index is 12.8. The van der Waals surface area contributed by atoms with Crippen molar-refractivity contribution in [2.45, 2.75) is 6.61 Å². The first-order valence-electron chi connectivity index (χ1n) is 9.86. The average Bonchev–Trinajstić information content (AvgIpc) is 2.82. The van der Waals surface area contributed by atoms with Crippen molar-refractivity contribution in [2.24, 2.45) is 0 Å². The molecule has 0 unspecified atom stereocenters. The van der Waals surface area contributed by atoms with E-state index in [1.54, 1.807) is 24.3 Å². The molecule has 174 valence electrons. The molecule has 0 aliphatic heterocycles. The predicted octanol–water partition coefficient (Wildman–Crippen LogP) is 6.85. The molecule has 34 heavy (non-hydrogen) atoms. The highest BCUT2D eigenvalue weighted by Gasteiger charge is 2.16. The van der Waals surface area contributed by atoms with Gasteiger partial charge < -0.3 is 19.5 Å². The van der Waals surface area contributed by atoms with Crippen LogP contribution in [-0.4, -0.2) is 20.1 Å². The van der Waals surface area contributed by atoms with Crippen molar-refractivity contribution in [2.75, 3.05) is 19.5 Å². The second-order valence-corrected chi connectivity index (χ2v) is 9.43. The molecule has 0 aliphatic rings. The number of carbonyl (C=O) groups is 1. The number of amides is 1. The van der Waals surface area contributed by atoms with E-state index in [-0.39, 0.29) is 5.57 Å². The summed E-state index contributed by atoms with van der Waals surface area (Å²) in [4.78, 5) is 12.8. The Labute approximate surface area is 224 Å². The maximum absolute atomic E-state index is 12.8. The Hall–Kier alpha value is -2.74. The Bertz CT molecular complexity index is 1270. The first-order valence-corrected chi connectivity index (χ1v) is 12.1. The Morgan fingerprint density at radius 2 is 1.82 bits per heavy atom. The zero-order valence-electron chi connectivity index (χ0n) is 18.2. The number of halogens is 3. The number of benzene rings is 3. The molecule has 3 aromatic rings. The van der Waals surface area contributed by atoms with Gasteiger partial charge in [0.1, 0.15) is 24.0 Å². The summed E-state index contributed by atoms with van der Waals surface area (Å²) in [5, 5.41) is 12.7. The molecule has 0 aromatic heterocycles. The molecule has 0 bridgehead atoms. The SMILES string of the molecule is COc1ccc(Cl)cc1NC(=O)/C(C#N)=C/c1cc(I)c(OCc2ccc(Br)cc2)c(OC)c1. The summed E-state index contributed by atoms with van der Waals surface area (Å²) in [5.74, 6) is 0.908. The van der Waals surface area contributed by atoms with Gasteiger partial charge >= 0.3 is 0 Å². The van der Waals surface area contributed by atoms with E-state index in [2.05, 4.69) is 43.8 Å². The van der Waals surface area contributed by atoms with Crippen molar-refractivity contribution < 1.29 is 19.0 Å². The summed E-state index contributed by atoms with van der Waals surface area (Å²) >= 11 is 11.6. The van der Waals surface area contributed by atoms with Gasteiger partial charge in [0.2, 0.25) is 0 Å². The largest absolute Gasteiger partial charge is 0.495 e. The van der Waals surface area contributed by atoms with Crippen molar-refractivity contribution in [3.8, 4) is 23.3 Å². The number of nitrogens with one attached hydrogen (secondary N) is 1. The van der Waals surface area contributed by atoms with E-state index in [9.17, 15) is 10.1 Å². The smallest absolute Gasteiger partial charge is 0.266 e. The van der Waals surface area contributed by atoms with Gasteiger partial charge in [-0.1, -0.05) is 39.7 Å². The van der Waals surface area contributed by atoms with Gasteiger partial charge in [-0.3, -0.25) is 4.79 Å². The summed E-state index contributed by atoms with van der Waals surface area (Å²) in [5.41, 5.74) is 1.89. The van der Waals surface area contributed by atoms with Crippen LogP contribution >= 0.6 is 50.1 Å². The van der Waals surface area contributed by atoms with Crippen molar-refractivity contribution in [1.29, 1.82) is 5.26 Å². The topological polar surface area (TPSA) is 80.6 Å². The predicted molar refractivity (Wildman–Crippen MR) is 144 cm³/mol. The van der Waals surface area contributed by atoms with Crippen molar-refractivity contribution >= 4 is 67.8 Å². The molecule has 0 aliphatic carbocycles. The number of ether oxygens (including phenoxy) is 3. The van der Waals surface area contributed by atoms with Crippen LogP contribution in [0.1, 0.15) is 11.1 Å². The highest BCUT2D eigenvalue weighted by molar-refractivity contribution is 14.1. The van der Waals surface area contributed by atoms with E-state index in [0.29, 0.717) is 40.1 Å². The molecule has 1 amide bonds. The first kappa shape index (κ1) is 25.9. The summed E-state index contributed by atoms with van der Waals surface area (Å²) in [6.07, 6.45) is 1.48. The highest BCUT2D eigenvalue weighted by atomic mass is 127. The lowest BCUT2D eigenvalue weighted by Crippen LogP contribution is -2.14. The van der Waals surface area contributed by atoms with Gasteiger partial charge in [-0.05, 0) is 82.3 Å². The Morgan fingerprint density at radius 1 is 1.12 bits per heavy atom. The van der Waals surface area contributed by atoms with Crippen LogP contribution in [0.25, 0.3) is 6.08 Å². The van der Waals surface area contributed by atoms with Gasteiger partial charge in [-0.25, -0.2) is 0 Å². The maximum Gasteiger partial charge on any atom is 0.266 e. The number of anilines is 1. The summed E-state index contributed by atoms with van der Waals surface area (Å²) in [7, 11) is 3.02. The zero-order valence-corrected chi connectivity index (χ0v) is 22.7. The molecule has 1 N–H and O–H groups in total. The molecule has 0 fully saturated rings. The minimum absolute atomic E-state index is 0.0941. The average molecular weight is 654 g/mol. The number of nitriles is 1. The molecule has 0 radical (unpaired) electrons. The molecule has 0 spiro atoms. The zero-order chi connectivity index (χ0) is 24.7. The van der Waals surface area contributed by atoms with Crippen LogP contribution in [0.5, 0.6) is 17.2 Å². The Morgan fingerprint density at radius 3 is 2.47 bits per heavy atom. The van der Waals surface area contributed by atoms with Crippen LogP contribution in [0.2, 0.25) is 5.02 Å². The Balaban J connectivity index is 1.83. The number of carbonyl (C=O) groups excluding carboxylic acids is 1. The quantitative estimate of drug-likeness (QED) is 0.164. The third kappa shape index (κ3) is 6.65. The van der Waals surface area contributed by atoms with Gasteiger partial charge in [0, 0.05) is 9.50 Å². The van der Waals surface area contributed by atoms with Crippen LogP contribution in [0.3, 0.4) is 0 Å². The van der Waals surface area contributed by atoms with E-state index < -0.39 is 5.91 Å². The normalized spacial score (nSPS) is 10.9. The van der Waals surface area contributed by atoms with Crippen LogP contribution in [0.4, 0.5) is 5.69 Å². The second-order valence-electron chi connectivity index (χ2n) is 6.92. The Kier molecular flexibility index (Phi) is 9.21. The van der Waals surface area contributed by atoms with Crippen molar-refractivity contribution in [3.05, 3.63) is 84.4 Å². The summed E-state index contributed by atoms with van der Waals surface area (Å²) in [6.45, 7) is 0.363. The molecule has 3 rings (SSSR count).